The number of hydrogen-bond acceptors (Lipinski definition) is 3. The topological polar surface area (TPSA) is 55.9 Å². The van der Waals surface area contributed by atoms with Gasteiger partial charge in [0.05, 0.1) is 17.9 Å². The Hall–Kier alpha value is -1.03. The van der Waals surface area contributed by atoms with Crippen LogP contribution < -0.4 is 11.1 Å². The van der Waals surface area contributed by atoms with Gasteiger partial charge in [0.2, 0.25) is 0 Å². The van der Waals surface area contributed by atoms with E-state index in [1.54, 1.807) is 6.20 Å². The minimum Gasteiger partial charge on any atom is -0.396 e. The fraction of sp³-hybridized carbons (Fsp3) is 0.625. The maximum Gasteiger partial charge on any atom is 0.0719 e. The van der Waals surface area contributed by atoms with Crippen molar-refractivity contribution in [2.24, 2.45) is 0 Å². The Morgan fingerprint density at radius 3 is 3.00 bits per heavy atom. The molecule has 0 spiro atoms. The van der Waals surface area contributed by atoms with Gasteiger partial charge in [-0.2, -0.15) is 5.10 Å². The third-order valence-corrected chi connectivity index (χ3v) is 1.89. The zero-order chi connectivity index (χ0) is 8.97. The van der Waals surface area contributed by atoms with Crippen molar-refractivity contribution in [3.05, 3.63) is 12.4 Å². The molecule has 0 aliphatic carbocycles. The predicted octanol–water partition coefficient (Wildman–Crippen LogP) is 0.636. The number of nitrogens with zero attached hydrogens (tertiary/aromatic N) is 2. The molecule has 0 radical (unpaired) electrons. The molecule has 1 heterocycles. The number of rotatable bonds is 4. The van der Waals surface area contributed by atoms with Crippen LogP contribution in [0.4, 0.5) is 5.69 Å². The Labute approximate surface area is 72.8 Å². The summed E-state index contributed by atoms with van der Waals surface area (Å²) in [6.45, 7) is 3.13. The molecule has 0 aliphatic rings. The summed E-state index contributed by atoms with van der Waals surface area (Å²) < 4.78 is 1.90. The van der Waals surface area contributed by atoms with E-state index < -0.39 is 0 Å². The normalized spacial score (nSPS) is 13.2. The molecule has 0 bridgehead atoms. The smallest absolute Gasteiger partial charge is 0.0719 e. The molecule has 3 N–H and O–H groups in total. The Kier molecular flexibility index (Phi) is 3.10. The molecule has 1 atom stereocenters. The lowest BCUT2D eigenvalue weighted by molar-refractivity contribution is 0.452. The summed E-state index contributed by atoms with van der Waals surface area (Å²) in [5, 5.41) is 7.24. The maximum atomic E-state index is 5.55. The van der Waals surface area contributed by atoms with Crippen molar-refractivity contribution in [1.82, 2.24) is 15.1 Å². The first-order valence-corrected chi connectivity index (χ1v) is 4.18. The van der Waals surface area contributed by atoms with Gasteiger partial charge in [-0.05, 0) is 26.9 Å². The lowest BCUT2D eigenvalue weighted by Crippen LogP contribution is -2.14. The second-order valence-corrected chi connectivity index (χ2v) is 2.99. The Morgan fingerprint density at radius 2 is 2.50 bits per heavy atom. The van der Waals surface area contributed by atoms with Gasteiger partial charge in [-0.1, -0.05) is 0 Å². The van der Waals surface area contributed by atoms with E-state index in [1.165, 1.54) is 0 Å². The summed E-state index contributed by atoms with van der Waals surface area (Å²) in [7, 11) is 1.95. The molecule has 4 nitrogen and oxygen atoms in total. The molecular weight excluding hydrogens is 152 g/mol. The minimum atomic E-state index is 0.412. The molecule has 0 aromatic carbocycles. The summed E-state index contributed by atoms with van der Waals surface area (Å²) in [6.07, 6.45) is 4.60. The molecule has 1 unspecified atom stereocenters. The molecule has 0 amide bonds. The van der Waals surface area contributed by atoms with Crippen LogP contribution in [-0.2, 0) is 0 Å². The highest BCUT2D eigenvalue weighted by Gasteiger charge is 2.03. The first-order chi connectivity index (χ1) is 5.74. The summed E-state index contributed by atoms with van der Waals surface area (Å²) in [5.41, 5.74) is 6.27. The van der Waals surface area contributed by atoms with Gasteiger partial charge in [0.1, 0.15) is 0 Å². The standard InChI is InChI=1S/C8H16N4/c1-7(3-4-10-2)12-6-8(9)5-11-12/h5-7,10H,3-4,9H2,1-2H3. The van der Waals surface area contributed by atoms with Crippen molar-refractivity contribution in [3.8, 4) is 0 Å². The van der Waals surface area contributed by atoms with Crippen molar-refractivity contribution in [1.29, 1.82) is 0 Å². The zero-order valence-corrected chi connectivity index (χ0v) is 7.62. The number of anilines is 1. The molecule has 4 heteroatoms. The second kappa shape index (κ2) is 4.11. The minimum absolute atomic E-state index is 0.412. The van der Waals surface area contributed by atoms with E-state index in [2.05, 4.69) is 17.3 Å². The van der Waals surface area contributed by atoms with Crippen LogP contribution in [0.1, 0.15) is 19.4 Å². The van der Waals surface area contributed by atoms with Gasteiger partial charge < -0.3 is 11.1 Å². The summed E-state index contributed by atoms with van der Waals surface area (Å²) in [4.78, 5) is 0. The monoisotopic (exact) mass is 168 g/mol. The molecule has 0 saturated carbocycles. The van der Waals surface area contributed by atoms with Crippen LogP contribution in [0.25, 0.3) is 0 Å². The Balaban J connectivity index is 2.47. The van der Waals surface area contributed by atoms with E-state index >= 15 is 0 Å². The lowest BCUT2D eigenvalue weighted by atomic mass is 10.2. The Morgan fingerprint density at radius 1 is 1.75 bits per heavy atom. The lowest BCUT2D eigenvalue weighted by Gasteiger charge is -2.10. The van der Waals surface area contributed by atoms with Crippen LogP contribution in [0, 0.1) is 0 Å². The van der Waals surface area contributed by atoms with Crippen LogP contribution >= 0.6 is 0 Å². The van der Waals surface area contributed by atoms with E-state index in [4.69, 9.17) is 5.73 Å². The zero-order valence-electron chi connectivity index (χ0n) is 7.62. The molecule has 0 aliphatic heterocycles. The molecule has 1 rings (SSSR count). The number of nitrogen functional groups attached to an aromatic ring is 1. The van der Waals surface area contributed by atoms with Crippen LogP contribution in [0.5, 0.6) is 0 Å². The fourth-order valence-electron chi connectivity index (χ4n) is 1.08. The van der Waals surface area contributed by atoms with Gasteiger partial charge in [0.25, 0.3) is 0 Å². The van der Waals surface area contributed by atoms with Gasteiger partial charge >= 0.3 is 0 Å². The molecule has 12 heavy (non-hydrogen) atoms. The Bertz CT molecular complexity index is 231. The number of aromatic nitrogens is 2. The van der Waals surface area contributed by atoms with Gasteiger partial charge in [0.15, 0.2) is 0 Å². The van der Waals surface area contributed by atoms with Gasteiger partial charge in [-0.3, -0.25) is 4.68 Å². The van der Waals surface area contributed by atoms with Crippen molar-refractivity contribution in [3.63, 3.8) is 0 Å². The molecule has 1 aromatic heterocycles. The van der Waals surface area contributed by atoms with Gasteiger partial charge in [-0.25, -0.2) is 0 Å². The first-order valence-electron chi connectivity index (χ1n) is 4.18. The van der Waals surface area contributed by atoms with Crippen LogP contribution in [0.3, 0.4) is 0 Å². The van der Waals surface area contributed by atoms with Crippen LogP contribution in [0.15, 0.2) is 12.4 Å². The van der Waals surface area contributed by atoms with E-state index in [0.717, 1.165) is 18.7 Å². The van der Waals surface area contributed by atoms with Crippen LogP contribution in [-0.4, -0.2) is 23.4 Å². The maximum absolute atomic E-state index is 5.55. The third-order valence-electron chi connectivity index (χ3n) is 1.89. The van der Waals surface area contributed by atoms with E-state index in [9.17, 15) is 0 Å². The number of nitrogens with two attached hydrogens (primary N) is 1. The first kappa shape index (κ1) is 9.06. The van der Waals surface area contributed by atoms with Gasteiger partial charge in [0, 0.05) is 6.20 Å². The van der Waals surface area contributed by atoms with Crippen molar-refractivity contribution >= 4 is 5.69 Å². The molecule has 68 valence electrons. The highest BCUT2D eigenvalue weighted by molar-refractivity contribution is 5.30. The summed E-state index contributed by atoms with van der Waals surface area (Å²) >= 11 is 0. The fourth-order valence-corrected chi connectivity index (χ4v) is 1.08. The van der Waals surface area contributed by atoms with E-state index in [-0.39, 0.29) is 0 Å². The largest absolute Gasteiger partial charge is 0.396 e. The highest BCUT2D eigenvalue weighted by Crippen LogP contribution is 2.10. The average Bonchev–Trinajstić information content (AvgIpc) is 2.47. The predicted molar refractivity (Wildman–Crippen MR) is 49.9 cm³/mol. The van der Waals surface area contributed by atoms with Crippen molar-refractivity contribution in [2.45, 2.75) is 19.4 Å². The number of nitrogens with one attached hydrogen (secondary N) is 1. The van der Waals surface area contributed by atoms with Crippen molar-refractivity contribution in [2.75, 3.05) is 19.3 Å². The quantitative estimate of drug-likeness (QED) is 0.693. The SMILES string of the molecule is CNCCC(C)n1cc(N)cn1. The van der Waals surface area contributed by atoms with Gasteiger partial charge in [-0.15, -0.1) is 0 Å². The summed E-state index contributed by atoms with van der Waals surface area (Å²) in [6, 6.07) is 0.412. The number of hydrogen-bond donors (Lipinski definition) is 2. The highest BCUT2D eigenvalue weighted by atomic mass is 15.3. The van der Waals surface area contributed by atoms with E-state index in [0.29, 0.717) is 6.04 Å². The molecule has 0 fully saturated rings. The molecule has 0 saturated heterocycles. The third kappa shape index (κ3) is 2.23. The van der Waals surface area contributed by atoms with Crippen molar-refractivity contribution < 1.29 is 0 Å². The molecular formula is C8H16N4. The molecule has 1 aromatic rings. The van der Waals surface area contributed by atoms with Crippen LogP contribution in [0.2, 0.25) is 0 Å². The second-order valence-electron chi connectivity index (χ2n) is 2.99. The van der Waals surface area contributed by atoms with E-state index in [1.807, 2.05) is 17.9 Å². The average molecular weight is 168 g/mol. The summed E-state index contributed by atoms with van der Waals surface area (Å²) in [5.74, 6) is 0.